The number of esters is 1. The Bertz CT molecular complexity index is 836. The van der Waals surface area contributed by atoms with Crippen molar-refractivity contribution in [2.45, 2.75) is 71.3 Å². The molecule has 210 valence electrons. The number of carbonyl (C=O) groups is 5. The first-order valence-corrected chi connectivity index (χ1v) is 12.1. The van der Waals surface area contributed by atoms with Crippen LogP contribution in [-0.2, 0) is 42.9 Å². The number of hydrogen-bond donors (Lipinski definition) is 1. The van der Waals surface area contributed by atoms with Gasteiger partial charge in [-0.15, -0.1) is 0 Å². The molecule has 1 heterocycles. The van der Waals surface area contributed by atoms with Crippen LogP contribution in [0.3, 0.4) is 0 Å². The zero-order valence-corrected chi connectivity index (χ0v) is 22.4. The van der Waals surface area contributed by atoms with Gasteiger partial charge >= 0.3 is 12.1 Å². The molecule has 2 amide bonds. The lowest BCUT2D eigenvalue weighted by Crippen LogP contribution is -2.55. The predicted octanol–water partition coefficient (Wildman–Crippen LogP) is 1.22. The number of aliphatic hydroxyl groups excluding tert-OH is 1. The summed E-state index contributed by atoms with van der Waals surface area (Å²) in [6.07, 6.45) is -1.80. The first-order chi connectivity index (χ1) is 17.4. The molecule has 1 rings (SSSR count). The summed E-state index contributed by atoms with van der Waals surface area (Å²) in [6.45, 7) is 9.13. The summed E-state index contributed by atoms with van der Waals surface area (Å²) >= 11 is 0. The van der Waals surface area contributed by atoms with Crippen LogP contribution in [0.4, 0.5) is 4.79 Å². The van der Waals surface area contributed by atoms with Crippen molar-refractivity contribution in [3.8, 4) is 0 Å². The van der Waals surface area contributed by atoms with Gasteiger partial charge in [0, 0.05) is 27.1 Å². The number of methoxy groups -OCH3 is 1. The predicted molar refractivity (Wildman–Crippen MR) is 129 cm³/mol. The Hall–Kier alpha value is -2.67. The number of imide groups is 1. The summed E-state index contributed by atoms with van der Waals surface area (Å²) in [7, 11) is 1.15. The largest absolute Gasteiger partial charge is 0.451 e. The van der Waals surface area contributed by atoms with Gasteiger partial charge in [-0.05, 0) is 38.3 Å². The zero-order chi connectivity index (χ0) is 28.2. The molecule has 0 aromatic heterocycles. The number of rotatable bonds is 17. The Kier molecular flexibility index (Phi) is 13.6. The van der Waals surface area contributed by atoms with Crippen LogP contribution >= 0.6 is 0 Å². The minimum absolute atomic E-state index is 0.0708. The fraction of sp³-hybridized carbons (Fsp3) is 0.720. The van der Waals surface area contributed by atoms with Gasteiger partial charge in [-0.25, -0.2) is 9.69 Å². The van der Waals surface area contributed by atoms with Gasteiger partial charge in [0.25, 0.3) is 5.91 Å². The molecule has 0 unspecified atom stereocenters. The minimum Gasteiger partial charge on any atom is -0.451 e. The molecule has 0 bridgehead atoms. The van der Waals surface area contributed by atoms with E-state index < -0.39 is 47.6 Å². The topological polar surface area (TPSA) is 155 Å². The fourth-order valence-corrected chi connectivity index (χ4v) is 4.11. The van der Waals surface area contributed by atoms with Gasteiger partial charge in [0.2, 0.25) is 0 Å². The number of cyclic esters (lactones) is 1. The lowest BCUT2D eigenvalue weighted by molar-refractivity contribution is -0.166. The van der Waals surface area contributed by atoms with Gasteiger partial charge in [-0.2, -0.15) is 0 Å². The SMILES string of the molecule is CO[C@H](C(=O)N1C(=O)OC(C)(C)[C@@H]1C(C)C)[C@H](OC(C)=O)C(=O)C=CC(=O)CCCOCCOCCO. The summed E-state index contributed by atoms with van der Waals surface area (Å²) in [4.78, 5) is 63.6. The number of allylic oxidation sites excluding steroid dienone is 1. The minimum atomic E-state index is -1.72. The van der Waals surface area contributed by atoms with Gasteiger partial charge in [-0.3, -0.25) is 19.2 Å². The standard InChI is InChI=1S/C25H39NO11/c1-16(2)22-25(4,5)37-24(32)26(22)23(31)21(33-6)20(36-17(3)28)19(30)10-9-18(29)8-7-12-34-14-15-35-13-11-27/h9-10,16,20-22,27H,7-8,11-15H2,1-6H3/t20-,21+,22+/m1/s1. The second kappa shape index (κ2) is 15.6. The highest BCUT2D eigenvalue weighted by atomic mass is 16.6. The van der Waals surface area contributed by atoms with Crippen molar-refractivity contribution in [1.82, 2.24) is 4.90 Å². The average molecular weight is 530 g/mol. The van der Waals surface area contributed by atoms with Crippen molar-refractivity contribution in [3.05, 3.63) is 12.2 Å². The lowest BCUT2D eigenvalue weighted by atomic mass is 9.88. The van der Waals surface area contributed by atoms with Crippen molar-refractivity contribution in [3.63, 3.8) is 0 Å². The molecule has 1 saturated heterocycles. The van der Waals surface area contributed by atoms with Crippen molar-refractivity contribution in [2.24, 2.45) is 5.92 Å². The Labute approximate surface area is 217 Å². The second-order valence-corrected chi connectivity index (χ2v) is 9.31. The van der Waals surface area contributed by atoms with Crippen molar-refractivity contribution >= 4 is 29.5 Å². The highest BCUT2D eigenvalue weighted by molar-refractivity contribution is 6.05. The number of nitrogens with zero attached hydrogens (tertiary/aromatic N) is 1. The van der Waals surface area contributed by atoms with Crippen molar-refractivity contribution in [1.29, 1.82) is 0 Å². The Balaban J connectivity index is 2.86. The fourth-order valence-electron chi connectivity index (χ4n) is 4.11. The maximum atomic E-state index is 13.4. The molecule has 3 atom stereocenters. The van der Waals surface area contributed by atoms with E-state index in [0.717, 1.165) is 31.1 Å². The van der Waals surface area contributed by atoms with Crippen molar-refractivity contribution < 1.29 is 52.8 Å². The van der Waals surface area contributed by atoms with E-state index in [-0.39, 0.29) is 31.3 Å². The lowest BCUT2D eigenvalue weighted by Gasteiger charge is -2.33. The number of aliphatic hydroxyl groups is 1. The molecule has 0 radical (unpaired) electrons. The maximum absolute atomic E-state index is 13.4. The van der Waals surface area contributed by atoms with Gasteiger partial charge in [0.15, 0.2) is 23.8 Å². The Morgan fingerprint density at radius 2 is 1.68 bits per heavy atom. The van der Waals surface area contributed by atoms with E-state index in [9.17, 15) is 24.0 Å². The molecule has 0 saturated carbocycles. The van der Waals surface area contributed by atoms with Crippen LogP contribution in [-0.4, -0.2) is 104 Å². The molecular formula is C25H39NO11. The molecule has 0 aliphatic carbocycles. The molecule has 0 spiro atoms. The summed E-state index contributed by atoms with van der Waals surface area (Å²) < 4.78 is 26.0. The van der Waals surface area contributed by atoms with Crippen LogP contribution in [0.15, 0.2) is 12.2 Å². The van der Waals surface area contributed by atoms with E-state index in [0.29, 0.717) is 26.2 Å². The van der Waals surface area contributed by atoms with Gasteiger partial charge in [0.05, 0.1) is 32.5 Å². The van der Waals surface area contributed by atoms with Gasteiger partial charge in [-0.1, -0.05) is 13.8 Å². The number of ketones is 2. The summed E-state index contributed by atoms with van der Waals surface area (Å²) in [5.74, 6) is -3.15. The Morgan fingerprint density at radius 3 is 2.22 bits per heavy atom. The highest BCUT2D eigenvalue weighted by Crippen LogP contribution is 2.35. The highest BCUT2D eigenvalue weighted by Gasteiger charge is 2.54. The van der Waals surface area contributed by atoms with Crippen LogP contribution in [0.1, 0.15) is 47.5 Å². The molecular weight excluding hydrogens is 490 g/mol. The molecule has 37 heavy (non-hydrogen) atoms. The number of amides is 2. The average Bonchev–Trinajstić information content (AvgIpc) is 3.06. The molecule has 1 N–H and O–H groups in total. The van der Waals surface area contributed by atoms with Crippen LogP contribution in [0.2, 0.25) is 0 Å². The van der Waals surface area contributed by atoms with Gasteiger partial charge in [0.1, 0.15) is 5.60 Å². The van der Waals surface area contributed by atoms with Crippen LogP contribution in [0.5, 0.6) is 0 Å². The second-order valence-electron chi connectivity index (χ2n) is 9.31. The Morgan fingerprint density at radius 1 is 1.05 bits per heavy atom. The molecule has 1 fully saturated rings. The summed E-state index contributed by atoms with van der Waals surface area (Å²) in [5.41, 5.74) is -0.984. The molecule has 12 nitrogen and oxygen atoms in total. The summed E-state index contributed by atoms with van der Waals surface area (Å²) in [6, 6.07) is -0.654. The number of ether oxygens (including phenoxy) is 5. The quantitative estimate of drug-likeness (QED) is 0.164. The smallest absolute Gasteiger partial charge is 0.417 e. The third-order valence-corrected chi connectivity index (χ3v) is 5.51. The van der Waals surface area contributed by atoms with Gasteiger partial charge < -0.3 is 28.8 Å². The normalized spacial score (nSPS) is 18.6. The summed E-state index contributed by atoms with van der Waals surface area (Å²) in [5, 5.41) is 8.61. The molecule has 0 aromatic carbocycles. The third-order valence-electron chi connectivity index (χ3n) is 5.51. The van der Waals surface area contributed by atoms with E-state index >= 15 is 0 Å². The monoisotopic (exact) mass is 529 g/mol. The van der Waals surface area contributed by atoms with E-state index in [2.05, 4.69) is 0 Å². The number of carbonyl (C=O) groups excluding carboxylic acids is 5. The van der Waals surface area contributed by atoms with Crippen LogP contribution < -0.4 is 0 Å². The molecule has 1 aliphatic heterocycles. The van der Waals surface area contributed by atoms with E-state index in [1.165, 1.54) is 0 Å². The molecule has 0 aromatic rings. The number of hydrogen-bond acceptors (Lipinski definition) is 11. The van der Waals surface area contributed by atoms with E-state index in [1.807, 2.05) is 13.8 Å². The maximum Gasteiger partial charge on any atom is 0.417 e. The first kappa shape index (κ1) is 32.4. The molecule has 12 heteroatoms. The third kappa shape index (κ3) is 9.95. The first-order valence-electron chi connectivity index (χ1n) is 12.1. The van der Waals surface area contributed by atoms with Crippen LogP contribution in [0, 0.1) is 5.92 Å². The van der Waals surface area contributed by atoms with E-state index in [4.69, 9.17) is 28.8 Å². The zero-order valence-electron chi connectivity index (χ0n) is 22.4. The van der Waals surface area contributed by atoms with E-state index in [1.54, 1.807) is 13.8 Å². The van der Waals surface area contributed by atoms with Crippen LogP contribution in [0.25, 0.3) is 0 Å². The molecule has 1 aliphatic rings. The van der Waals surface area contributed by atoms with Crippen molar-refractivity contribution in [2.75, 3.05) is 40.1 Å².